The summed E-state index contributed by atoms with van der Waals surface area (Å²) in [4.78, 5) is 6.43. The molecular weight excluding hydrogens is 276 g/mol. The second kappa shape index (κ2) is 7.42. The highest BCUT2D eigenvalue weighted by atomic mass is 16.5. The van der Waals surface area contributed by atoms with Gasteiger partial charge in [-0.05, 0) is 30.5 Å². The summed E-state index contributed by atoms with van der Waals surface area (Å²) in [5, 5.41) is 0. The van der Waals surface area contributed by atoms with Crippen LogP contribution in [0.15, 0.2) is 43.0 Å². The number of nitrogens with two attached hydrogens (primary N) is 1. The number of benzene rings is 1. The van der Waals surface area contributed by atoms with E-state index in [2.05, 4.69) is 38.7 Å². The average Bonchev–Trinajstić information content (AvgIpc) is 3.17. The first kappa shape index (κ1) is 15.1. The molecular formula is C17H24N4O. The third kappa shape index (κ3) is 4.32. The van der Waals surface area contributed by atoms with Crippen LogP contribution in [0.3, 0.4) is 0 Å². The van der Waals surface area contributed by atoms with Crippen molar-refractivity contribution in [1.82, 2.24) is 14.5 Å². The lowest BCUT2D eigenvalue weighted by molar-refractivity contribution is 0.301. The van der Waals surface area contributed by atoms with Gasteiger partial charge in [-0.1, -0.05) is 12.1 Å². The maximum absolute atomic E-state index is 5.94. The van der Waals surface area contributed by atoms with Crippen LogP contribution in [0.25, 0.3) is 0 Å². The van der Waals surface area contributed by atoms with Crippen molar-refractivity contribution in [1.29, 1.82) is 0 Å². The molecule has 5 nitrogen and oxygen atoms in total. The first-order valence-electron chi connectivity index (χ1n) is 7.95. The molecule has 2 heterocycles. The van der Waals surface area contributed by atoms with Crippen LogP contribution in [-0.4, -0.2) is 40.2 Å². The van der Waals surface area contributed by atoms with Crippen molar-refractivity contribution in [2.75, 3.05) is 19.7 Å². The van der Waals surface area contributed by atoms with E-state index in [9.17, 15) is 0 Å². The average molecular weight is 300 g/mol. The Bertz CT molecular complexity index is 553. The highest BCUT2D eigenvalue weighted by Gasteiger charge is 2.18. The highest BCUT2D eigenvalue weighted by Crippen LogP contribution is 2.16. The fourth-order valence-electron chi connectivity index (χ4n) is 2.81. The van der Waals surface area contributed by atoms with E-state index in [1.54, 1.807) is 6.20 Å². The first-order chi connectivity index (χ1) is 10.8. The van der Waals surface area contributed by atoms with Crippen LogP contribution in [0.5, 0.6) is 5.75 Å². The van der Waals surface area contributed by atoms with Gasteiger partial charge in [0.1, 0.15) is 5.75 Å². The summed E-state index contributed by atoms with van der Waals surface area (Å²) < 4.78 is 7.84. The van der Waals surface area contributed by atoms with Gasteiger partial charge in [0.2, 0.25) is 0 Å². The van der Waals surface area contributed by atoms with E-state index in [1.807, 2.05) is 12.5 Å². The molecule has 2 aromatic rings. The zero-order valence-corrected chi connectivity index (χ0v) is 12.9. The zero-order valence-electron chi connectivity index (χ0n) is 12.9. The fourth-order valence-corrected chi connectivity index (χ4v) is 2.81. The molecule has 0 saturated carbocycles. The molecule has 1 saturated heterocycles. The van der Waals surface area contributed by atoms with Gasteiger partial charge in [-0.15, -0.1) is 0 Å². The van der Waals surface area contributed by atoms with Gasteiger partial charge in [-0.25, -0.2) is 4.98 Å². The number of imidazole rings is 1. The third-order valence-corrected chi connectivity index (χ3v) is 4.03. The molecule has 1 aliphatic heterocycles. The molecule has 0 aliphatic carbocycles. The normalized spacial score (nSPS) is 18.7. The van der Waals surface area contributed by atoms with Crippen LogP contribution in [0.4, 0.5) is 0 Å². The van der Waals surface area contributed by atoms with Crippen molar-refractivity contribution in [3.05, 3.63) is 48.5 Å². The van der Waals surface area contributed by atoms with E-state index >= 15 is 0 Å². The molecule has 0 radical (unpaired) electrons. The highest BCUT2D eigenvalue weighted by molar-refractivity contribution is 5.27. The Hall–Kier alpha value is -1.85. The number of hydrogen-bond donors (Lipinski definition) is 1. The molecule has 1 fully saturated rings. The lowest BCUT2D eigenvalue weighted by Crippen LogP contribution is -2.26. The minimum Gasteiger partial charge on any atom is -0.494 e. The Labute approximate surface area is 131 Å². The Kier molecular flexibility index (Phi) is 5.08. The van der Waals surface area contributed by atoms with Crippen molar-refractivity contribution in [2.45, 2.75) is 32.0 Å². The van der Waals surface area contributed by atoms with E-state index in [0.717, 1.165) is 51.4 Å². The maximum atomic E-state index is 5.94. The summed E-state index contributed by atoms with van der Waals surface area (Å²) in [6, 6.07) is 8.76. The molecule has 118 valence electrons. The van der Waals surface area contributed by atoms with Crippen LogP contribution in [0.2, 0.25) is 0 Å². The first-order valence-corrected chi connectivity index (χ1v) is 7.95. The number of aryl methyl sites for hydroxylation is 1. The van der Waals surface area contributed by atoms with Gasteiger partial charge in [0.05, 0.1) is 12.9 Å². The SMILES string of the molecule is NC1CCN(Cc2ccc(OCCCn3ccnc3)cc2)C1. The molecule has 3 rings (SSSR count). The molecule has 22 heavy (non-hydrogen) atoms. The van der Waals surface area contributed by atoms with Crippen molar-refractivity contribution >= 4 is 0 Å². The summed E-state index contributed by atoms with van der Waals surface area (Å²) >= 11 is 0. The lowest BCUT2D eigenvalue weighted by Gasteiger charge is -2.15. The predicted octanol–water partition coefficient (Wildman–Crippen LogP) is 1.89. The molecule has 1 aromatic heterocycles. The van der Waals surface area contributed by atoms with Crippen molar-refractivity contribution in [3.8, 4) is 5.75 Å². The van der Waals surface area contributed by atoms with Gasteiger partial charge in [-0.3, -0.25) is 4.90 Å². The maximum Gasteiger partial charge on any atom is 0.119 e. The van der Waals surface area contributed by atoms with Crippen LogP contribution in [0, 0.1) is 0 Å². The molecule has 5 heteroatoms. The minimum atomic E-state index is 0.345. The molecule has 2 N–H and O–H groups in total. The summed E-state index contributed by atoms with van der Waals surface area (Å²) in [6.07, 6.45) is 7.69. The minimum absolute atomic E-state index is 0.345. The Morgan fingerprint density at radius 3 is 2.82 bits per heavy atom. The van der Waals surface area contributed by atoms with Crippen molar-refractivity contribution in [2.24, 2.45) is 5.73 Å². The molecule has 0 amide bonds. The van der Waals surface area contributed by atoms with Crippen molar-refractivity contribution in [3.63, 3.8) is 0 Å². The zero-order chi connectivity index (χ0) is 15.2. The summed E-state index contributed by atoms with van der Waals surface area (Å²) in [5.41, 5.74) is 7.26. The monoisotopic (exact) mass is 300 g/mol. The van der Waals surface area contributed by atoms with Crippen LogP contribution in [-0.2, 0) is 13.1 Å². The predicted molar refractivity (Wildman–Crippen MR) is 86.7 cm³/mol. The van der Waals surface area contributed by atoms with Gasteiger partial charge in [0.25, 0.3) is 0 Å². The number of aromatic nitrogens is 2. The second-order valence-electron chi connectivity index (χ2n) is 5.93. The standard InChI is InChI=1S/C17H24N4O/c18-16-6-9-21(13-16)12-15-2-4-17(5-3-15)22-11-1-8-20-10-7-19-14-20/h2-5,7,10,14,16H,1,6,8-9,11-13,18H2. The van der Waals surface area contributed by atoms with Crippen LogP contribution < -0.4 is 10.5 Å². The summed E-state index contributed by atoms with van der Waals surface area (Å²) in [7, 11) is 0. The molecule has 1 atom stereocenters. The largest absolute Gasteiger partial charge is 0.494 e. The topological polar surface area (TPSA) is 56.3 Å². The Morgan fingerprint density at radius 1 is 1.27 bits per heavy atom. The Balaban J connectivity index is 1.39. The third-order valence-electron chi connectivity index (χ3n) is 4.03. The van der Waals surface area contributed by atoms with Crippen molar-refractivity contribution < 1.29 is 4.74 Å². The quantitative estimate of drug-likeness (QED) is 0.793. The van der Waals surface area contributed by atoms with Crippen LogP contribution >= 0.6 is 0 Å². The van der Waals surface area contributed by atoms with E-state index < -0.39 is 0 Å². The smallest absolute Gasteiger partial charge is 0.119 e. The molecule has 0 spiro atoms. The van der Waals surface area contributed by atoms with Gasteiger partial charge in [0, 0.05) is 44.6 Å². The van der Waals surface area contributed by atoms with E-state index in [-0.39, 0.29) is 0 Å². The van der Waals surface area contributed by atoms with Crippen LogP contribution in [0.1, 0.15) is 18.4 Å². The fraction of sp³-hybridized carbons (Fsp3) is 0.471. The number of rotatable bonds is 7. The summed E-state index contributed by atoms with van der Waals surface area (Å²) in [5.74, 6) is 0.938. The number of ether oxygens (including phenoxy) is 1. The van der Waals surface area contributed by atoms with Gasteiger partial charge in [-0.2, -0.15) is 0 Å². The van der Waals surface area contributed by atoms with Gasteiger partial charge in [0.15, 0.2) is 0 Å². The van der Waals surface area contributed by atoms with E-state index in [1.165, 1.54) is 5.56 Å². The Morgan fingerprint density at radius 2 is 2.14 bits per heavy atom. The molecule has 0 bridgehead atoms. The molecule has 1 unspecified atom stereocenters. The number of hydrogen-bond acceptors (Lipinski definition) is 4. The number of nitrogens with zero attached hydrogens (tertiary/aromatic N) is 3. The van der Waals surface area contributed by atoms with Gasteiger partial charge < -0.3 is 15.0 Å². The van der Waals surface area contributed by atoms with E-state index in [0.29, 0.717) is 6.04 Å². The lowest BCUT2D eigenvalue weighted by atomic mass is 10.2. The number of likely N-dealkylation sites (tertiary alicyclic amines) is 1. The summed E-state index contributed by atoms with van der Waals surface area (Å²) in [6.45, 7) is 4.75. The molecule has 1 aromatic carbocycles. The van der Waals surface area contributed by atoms with Gasteiger partial charge >= 0.3 is 0 Å². The second-order valence-corrected chi connectivity index (χ2v) is 5.93. The van der Waals surface area contributed by atoms with E-state index in [4.69, 9.17) is 10.5 Å². The molecule has 1 aliphatic rings.